The predicted molar refractivity (Wildman–Crippen MR) is 108 cm³/mol. The quantitative estimate of drug-likeness (QED) is 0.266. The van der Waals surface area contributed by atoms with Crippen molar-refractivity contribution in [3.05, 3.63) is 17.3 Å². The lowest BCUT2D eigenvalue weighted by Gasteiger charge is -2.36. The van der Waals surface area contributed by atoms with Gasteiger partial charge in [0.15, 0.2) is 16.1 Å². The molecule has 0 saturated heterocycles. The first-order chi connectivity index (χ1) is 12.9. The number of aliphatic hydroxyl groups is 1. The number of halogens is 1. The summed E-state index contributed by atoms with van der Waals surface area (Å²) < 4.78 is 10.8. The molecule has 0 aliphatic heterocycles. The summed E-state index contributed by atoms with van der Waals surface area (Å²) in [6.45, 7) is 3.51. The molecule has 10 heteroatoms. The fourth-order valence-electron chi connectivity index (χ4n) is 2.48. The van der Waals surface area contributed by atoms with Crippen LogP contribution in [0.2, 0.25) is 5.15 Å². The summed E-state index contributed by atoms with van der Waals surface area (Å²) in [6.07, 6.45) is 2.83. The topological polar surface area (TPSA) is 126 Å². The second-order valence-electron chi connectivity index (χ2n) is 5.58. The van der Waals surface area contributed by atoms with Gasteiger partial charge in [-0.25, -0.2) is 9.97 Å². The molecule has 0 aromatic carbocycles. The first kappa shape index (κ1) is 23.5. The number of thioether (sulfide) groups is 1. The Morgan fingerprint density at radius 2 is 1.96 bits per heavy atom. The van der Waals surface area contributed by atoms with Gasteiger partial charge in [0.2, 0.25) is 0 Å². The fourth-order valence-corrected chi connectivity index (χ4v) is 3.40. The number of nitriles is 1. The number of nitrogen functional groups attached to an aromatic ring is 1. The molecule has 0 bridgehead atoms. The summed E-state index contributed by atoms with van der Waals surface area (Å²) in [5, 5.41) is 21.3. The number of anilines is 2. The van der Waals surface area contributed by atoms with Gasteiger partial charge in [0.25, 0.3) is 0 Å². The molecule has 0 spiro atoms. The third-order valence-electron chi connectivity index (χ3n) is 3.69. The summed E-state index contributed by atoms with van der Waals surface area (Å²) in [5.41, 5.74) is 6.28. The molecule has 0 saturated carbocycles. The van der Waals surface area contributed by atoms with E-state index in [0.29, 0.717) is 11.0 Å². The molecular formula is C17H26ClN5O3S. The summed E-state index contributed by atoms with van der Waals surface area (Å²) in [7, 11) is 3.10. The molecule has 1 heterocycles. The first-order valence-electron chi connectivity index (χ1n) is 8.38. The van der Waals surface area contributed by atoms with Crippen molar-refractivity contribution >= 4 is 34.9 Å². The van der Waals surface area contributed by atoms with Crippen LogP contribution in [0.1, 0.15) is 20.3 Å². The standard InChI is InChI=1S/C15H23ClN4O3S.C2H3N/c1-4-7-24-15-19-13(16)10(17)14(20-15)18-8-5-6-9(21)12(23-3)11(8)22-2;1-2-3/h5-6,8-9,11-12,21H,4,7,17H2,1-3H3,(H,18,19,20);1H3/t8-,9+,11+,12-;/m1./s1. The van der Waals surface area contributed by atoms with Gasteiger partial charge < -0.3 is 25.6 Å². The van der Waals surface area contributed by atoms with Crippen molar-refractivity contribution in [2.24, 2.45) is 0 Å². The van der Waals surface area contributed by atoms with Crippen molar-refractivity contribution in [1.82, 2.24) is 9.97 Å². The van der Waals surface area contributed by atoms with E-state index in [-0.39, 0.29) is 16.9 Å². The smallest absolute Gasteiger partial charge is 0.191 e. The molecule has 0 fully saturated rings. The van der Waals surface area contributed by atoms with Gasteiger partial charge in [-0.05, 0) is 6.42 Å². The number of hydrogen-bond donors (Lipinski definition) is 3. The third kappa shape index (κ3) is 6.52. The second kappa shape index (κ2) is 12.0. The fraction of sp³-hybridized carbons (Fsp3) is 0.588. The first-order valence-corrected chi connectivity index (χ1v) is 9.74. The Morgan fingerprint density at radius 3 is 2.52 bits per heavy atom. The van der Waals surface area contributed by atoms with Gasteiger partial charge in [-0.15, -0.1) is 0 Å². The molecule has 1 aromatic rings. The summed E-state index contributed by atoms with van der Waals surface area (Å²) in [4.78, 5) is 8.63. The lowest BCUT2D eigenvalue weighted by molar-refractivity contribution is -0.0880. The highest BCUT2D eigenvalue weighted by molar-refractivity contribution is 7.99. The van der Waals surface area contributed by atoms with Crippen LogP contribution in [0.5, 0.6) is 0 Å². The van der Waals surface area contributed by atoms with Crippen LogP contribution in [0.4, 0.5) is 11.5 Å². The highest BCUT2D eigenvalue weighted by atomic mass is 35.5. The zero-order chi connectivity index (χ0) is 20.4. The van der Waals surface area contributed by atoms with Crippen molar-refractivity contribution in [3.63, 3.8) is 0 Å². The van der Waals surface area contributed by atoms with Crippen molar-refractivity contribution in [1.29, 1.82) is 5.26 Å². The lowest BCUT2D eigenvalue weighted by Crippen LogP contribution is -2.51. The minimum Gasteiger partial charge on any atom is -0.393 e. The molecular weight excluding hydrogens is 390 g/mol. The largest absolute Gasteiger partial charge is 0.393 e. The summed E-state index contributed by atoms with van der Waals surface area (Å²) >= 11 is 7.64. The molecule has 150 valence electrons. The van der Waals surface area contributed by atoms with Gasteiger partial charge in [0.05, 0.1) is 12.1 Å². The molecule has 0 radical (unpaired) electrons. The third-order valence-corrected chi connectivity index (χ3v) is 5.03. The van der Waals surface area contributed by atoms with Crippen molar-refractivity contribution in [2.45, 2.75) is 49.8 Å². The van der Waals surface area contributed by atoms with E-state index >= 15 is 0 Å². The SMILES string of the molecule is CC#N.CCCSc1nc(Cl)c(N)c(N[C@@H]2C=C[C@H](O)[C@@H](OC)[C@H]2OC)n1. The molecule has 0 unspecified atom stereocenters. The highest BCUT2D eigenvalue weighted by Gasteiger charge is 2.36. The van der Waals surface area contributed by atoms with E-state index in [1.807, 2.05) is 6.08 Å². The van der Waals surface area contributed by atoms with Crippen LogP contribution in [0.15, 0.2) is 17.3 Å². The van der Waals surface area contributed by atoms with E-state index in [2.05, 4.69) is 22.2 Å². The van der Waals surface area contributed by atoms with Gasteiger partial charge >= 0.3 is 0 Å². The summed E-state index contributed by atoms with van der Waals surface area (Å²) in [5.74, 6) is 1.33. The molecule has 1 aromatic heterocycles. The molecule has 8 nitrogen and oxygen atoms in total. The molecule has 4 atom stereocenters. The summed E-state index contributed by atoms with van der Waals surface area (Å²) in [6, 6.07) is 1.47. The maximum atomic E-state index is 10.00. The number of aliphatic hydroxyl groups excluding tert-OH is 1. The number of hydrogen-bond acceptors (Lipinski definition) is 9. The number of nitrogens with zero attached hydrogens (tertiary/aromatic N) is 3. The van der Waals surface area contributed by atoms with Crippen LogP contribution in [0.25, 0.3) is 0 Å². The van der Waals surface area contributed by atoms with Crippen LogP contribution in [-0.4, -0.2) is 59.4 Å². The van der Waals surface area contributed by atoms with E-state index < -0.39 is 18.3 Å². The molecule has 2 rings (SSSR count). The van der Waals surface area contributed by atoms with Crippen LogP contribution in [0.3, 0.4) is 0 Å². The molecule has 1 aliphatic rings. The Morgan fingerprint density at radius 1 is 1.33 bits per heavy atom. The van der Waals surface area contributed by atoms with Crippen LogP contribution in [-0.2, 0) is 9.47 Å². The number of methoxy groups -OCH3 is 2. The molecule has 27 heavy (non-hydrogen) atoms. The van der Waals surface area contributed by atoms with Gasteiger partial charge in [0, 0.05) is 26.9 Å². The average molecular weight is 416 g/mol. The van der Waals surface area contributed by atoms with E-state index in [9.17, 15) is 5.11 Å². The number of nitrogens with one attached hydrogen (secondary N) is 1. The zero-order valence-corrected chi connectivity index (χ0v) is 17.4. The Labute approximate surface area is 169 Å². The average Bonchev–Trinajstić information content (AvgIpc) is 2.65. The van der Waals surface area contributed by atoms with Gasteiger partial charge in [0.1, 0.15) is 24.0 Å². The van der Waals surface area contributed by atoms with Gasteiger partial charge in [-0.1, -0.05) is 42.4 Å². The Kier molecular flexibility index (Phi) is 10.4. The van der Waals surface area contributed by atoms with Crippen LogP contribution >= 0.6 is 23.4 Å². The van der Waals surface area contributed by atoms with Gasteiger partial charge in [-0.2, -0.15) is 5.26 Å². The highest BCUT2D eigenvalue weighted by Crippen LogP contribution is 2.30. The zero-order valence-electron chi connectivity index (χ0n) is 15.8. The second-order valence-corrected chi connectivity index (χ2v) is 7.00. The monoisotopic (exact) mass is 415 g/mol. The minimum absolute atomic E-state index is 0.211. The van der Waals surface area contributed by atoms with Crippen LogP contribution < -0.4 is 11.1 Å². The van der Waals surface area contributed by atoms with E-state index in [4.69, 9.17) is 32.1 Å². The molecule has 4 N–H and O–H groups in total. The Bertz CT molecular complexity index is 671. The number of rotatable bonds is 7. The number of nitrogens with two attached hydrogens (primary N) is 1. The van der Waals surface area contributed by atoms with Crippen molar-refractivity contribution < 1.29 is 14.6 Å². The van der Waals surface area contributed by atoms with E-state index in [0.717, 1.165) is 12.2 Å². The maximum Gasteiger partial charge on any atom is 0.191 e. The lowest BCUT2D eigenvalue weighted by atomic mass is 9.93. The maximum absolute atomic E-state index is 10.00. The van der Waals surface area contributed by atoms with Crippen molar-refractivity contribution in [3.8, 4) is 6.07 Å². The van der Waals surface area contributed by atoms with E-state index in [1.165, 1.54) is 25.8 Å². The van der Waals surface area contributed by atoms with E-state index in [1.54, 1.807) is 19.3 Å². The van der Waals surface area contributed by atoms with Crippen molar-refractivity contribution in [2.75, 3.05) is 31.0 Å². The Hall–Kier alpha value is -1.57. The predicted octanol–water partition coefficient (Wildman–Crippen LogP) is 2.49. The van der Waals surface area contributed by atoms with Crippen LogP contribution in [0, 0.1) is 11.3 Å². The van der Waals surface area contributed by atoms with Gasteiger partial charge in [-0.3, -0.25) is 0 Å². The number of ether oxygens (including phenoxy) is 2. The minimum atomic E-state index is -0.736. The molecule has 0 amide bonds. The number of aromatic nitrogens is 2. The molecule has 1 aliphatic carbocycles. The normalized spacial score (nSPS) is 23.9. The Balaban J connectivity index is 0.00000114.